The first-order chi connectivity index (χ1) is 14.1. The summed E-state index contributed by atoms with van der Waals surface area (Å²) in [5, 5.41) is 6.51. The molecular weight excluding hydrogens is 374 g/mol. The van der Waals surface area contributed by atoms with Gasteiger partial charge in [-0.25, -0.2) is 0 Å². The molecule has 0 fully saturated rings. The van der Waals surface area contributed by atoms with Gasteiger partial charge in [-0.2, -0.15) is 0 Å². The van der Waals surface area contributed by atoms with E-state index in [1.807, 2.05) is 37.3 Å². The highest BCUT2D eigenvalue weighted by atomic mass is 16.5. The molecule has 29 heavy (non-hydrogen) atoms. The van der Waals surface area contributed by atoms with Crippen LogP contribution in [-0.4, -0.2) is 48.1 Å². The second-order valence-corrected chi connectivity index (χ2v) is 5.86. The Morgan fingerprint density at radius 3 is 2.03 bits per heavy atom. The molecule has 0 saturated heterocycles. The van der Waals surface area contributed by atoms with E-state index in [2.05, 4.69) is 15.6 Å². The highest BCUT2D eigenvalue weighted by Gasteiger charge is 2.14. The minimum atomic E-state index is 0.435. The number of hydrogen-bond acceptors (Lipinski definition) is 6. The number of hydrogen-bond donors (Lipinski definition) is 2. The number of anilines is 1. The first kappa shape index (κ1) is 22.0. The second kappa shape index (κ2) is 10.9. The first-order valence-corrected chi connectivity index (χ1v) is 9.17. The number of nitrogens with one attached hydrogen (secondary N) is 2. The van der Waals surface area contributed by atoms with E-state index in [9.17, 15) is 0 Å². The average molecular weight is 403 g/mol. The summed E-state index contributed by atoms with van der Waals surface area (Å²) in [5.41, 5.74) is 1.67. The van der Waals surface area contributed by atoms with Crippen molar-refractivity contribution in [2.45, 2.75) is 13.5 Å². The van der Waals surface area contributed by atoms with E-state index in [1.54, 1.807) is 35.5 Å². The van der Waals surface area contributed by atoms with Gasteiger partial charge in [-0.3, -0.25) is 4.99 Å². The third-order valence-electron chi connectivity index (χ3n) is 4.20. The summed E-state index contributed by atoms with van der Waals surface area (Å²) in [7, 11) is 8.13. The molecule has 2 N–H and O–H groups in total. The van der Waals surface area contributed by atoms with Crippen molar-refractivity contribution in [2.75, 3.05) is 47.4 Å². The van der Waals surface area contributed by atoms with Gasteiger partial charge in [0.2, 0.25) is 0 Å². The van der Waals surface area contributed by atoms with Gasteiger partial charge < -0.3 is 34.3 Å². The summed E-state index contributed by atoms with van der Waals surface area (Å²) in [6.07, 6.45) is 0. The topological polar surface area (TPSA) is 82.6 Å². The second-order valence-electron chi connectivity index (χ2n) is 5.86. The normalized spacial score (nSPS) is 10.9. The lowest BCUT2D eigenvalue weighted by molar-refractivity contribution is 0.311. The largest absolute Gasteiger partial charge is 0.496 e. The van der Waals surface area contributed by atoms with Crippen LogP contribution < -0.4 is 34.3 Å². The van der Waals surface area contributed by atoms with Crippen LogP contribution in [-0.2, 0) is 6.54 Å². The maximum atomic E-state index is 5.63. The number of aliphatic imine (C=N–C) groups is 1. The summed E-state index contributed by atoms with van der Waals surface area (Å²) in [6, 6.07) is 9.23. The van der Waals surface area contributed by atoms with Crippen LogP contribution in [0, 0.1) is 0 Å². The van der Waals surface area contributed by atoms with E-state index < -0.39 is 0 Å². The van der Waals surface area contributed by atoms with Crippen molar-refractivity contribution in [3.05, 3.63) is 35.9 Å². The van der Waals surface area contributed by atoms with Crippen molar-refractivity contribution < 1.29 is 23.7 Å². The number of methoxy groups -OCH3 is 4. The molecule has 2 aromatic carbocycles. The predicted molar refractivity (Wildman–Crippen MR) is 114 cm³/mol. The Balaban J connectivity index is 2.17. The highest BCUT2D eigenvalue weighted by molar-refractivity contribution is 5.93. The van der Waals surface area contributed by atoms with Gasteiger partial charge >= 0.3 is 0 Å². The summed E-state index contributed by atoms with van der Waals surface area (Å²) >= 11 is 0. The van der Waals surface area contributed by atoms with Crippen LogP contribution in [0.5, 0.6) is 28.7 Å². The lowest BCUT2D eigenvalue weighted by Gasteiger charge is -2.18. The molecule has 158 valence electrons. The van der Waals surface area contributed by atoms with E-state index in [1.165, 1.54) is 0 Å². The van der Waals surface area contributed by atoms with E-state index in [4.69, 9.17) is 23.7 Å². The van der Waals surface area contributed by atoms with Gasteiger partial charge in [0.25, 0.3) is 0 Å². The Hall–Kier alpha value is -3.29. The molecule has 0 amide bonds. The first-order valence-electron chi connectivity index (χ1n) is 9.17. The number of rotatable bonds is 9. The van der Waals surface area contributed by atoms with Gasteiger partial charge in [-0.1, -0.05) is 0 Å². The molecule has 2 aromatic rings. The molecule has 0 atom stereocenters. The molecule has 0 spiro atoms. The molecule has 2 rings (SSSR count). The molecule has 0 aliphatic carbocycles. The fourth-order valence-electron chi connectivity index (χ4n) is 2.76. The Kier molecular flexibility index (Phi) is 8.27. The van der Waals surface area contributed by atoms with Crippen molar-refractivity contribution in [1.29, 1.82) is 0 Å². The Bertz CT molecular complexity index is 814. The minimum Gasteiger partial charge on any atom is -0.496 e. The molecule has 8 heteroatoms. The zero-order valence-electron chi connectivity index (χ0n) is 17.8. The quantitative estimate of drug-likeness (QED) is 0.491. The Morgan fingerprint density at radius 2 is 1.52 bits per heavy atom. The van der Waals surface area contributed by atoms with E-state index in [0.717, 1.165) is 11.3 Å². The standard InChI is InChI=1S/C21H29N3O5/c1-7-29-20-10-14(8-9-17(20)26-4)24-21(22-2)23-13-16-18(27-5)11-15(25-3)12-19(16)28-6/h8-12H,7,13H2,1-6H3,(H2,22,23,24). The third kappa shape index (κ3) is 5.60. The molecule has 0 saturated carbocycles. The van der Waals surface area contributed by atoms with Crippen LogP contribution >= 0.6 is 0 Å². The fourth-order valence-corrected chi connectivity index (χ4v) is 2.76. The van der Waals surface area contributed by atoms with Crippen molar-refractivity contribution in [3.63, 3.8) is 0 Å². The summed E-state index contributed by atoms with van der Waals surface area (Å²) in [5.74, 6) is 3.89. The van der Waals surface area contributed by atoms with Gasteiger partial charge in [-0.05, 0) is 19.1 Å². The smallest absolute Gasteiger partial charge is 0.195 e. The van der Waals surface area contributed by atoms with Crippen molar-refractivity contribution in [1.82, 2.24) is 5.32 Å². The van der Waals surface area contributed by atoms with Crippen LogP contribution in [0.1, 0.15) is 12.5 Å². The van der Waals surface area contributed by atoms with E-state index in [0.29, 0.717) is 47.9 Å². The number of benzene rings is 2. The van der Waals surface area contributed by atoms with Crippen molar-refractivity contribution >= 4 is 11.6 Å². The zero-order chi connectivity index (χ0) is 21.2. The van der Waals surface area contributed by atoms with Crippen LogP contribution in [0.25, 0.3) is 0 Å². The van der Waals surface area contributed by atoms with Crippen LogP contribution in [0.3, 0.4) is 0 Å². The lowest BCUT2D eigenvalue weighted by atomic mass is 10.1. The van der Waals surface area contributed by atoms with Gasteiger partial charge in [0.15, 0.2) is 17.5 Å². The fraction of sp³-hybridized carbons (Fsp3) is 0.381. The maximum Gasteiger partial charge on any atom is 0.195 e. The molecule has 0 aromatic heterocycles. The van der Waals surface area contributed by atoms with Crippen LogP contribution in [0.4, 0.5) is 5.69 Å². The summed E-state index contributed by atoms with van der Waals surface area (Å²) < 4.78 is 27.2. The third-order valence-corrected chi connectivity index (χ3v) is 4.20. The van der Waals surface area contributed by atoms with Gasteiger partial charge in [0, 0.05) is 30.9 Å². The molecule has 0 unspecified atom stereocenters. The molecule has 0 aliphatic rings. The summed E-state index contributed by atoms with van der Waals surface area (Å²) in [6.45, 7) is 2.91. The Labute approximate surface area is 171 Å². The molecule has 0 radical (unpaired) electrons. The van der Waals surface area contributed by atoms with Crippen molar-refractivity contribution in [2.24, 2.45) is 4.99 Å². The molecule has 0 bridgehead atoms. The number of ether oxygens (including phenoxy) is 5. The van der Waals surface area contributed by atoms with E-state index in [-0.39, 0.29) is 0 Å². The minimum absolute atomic E-state index is 0.435. The monoisotopic (exact) mass is 403 g/mol. The van der Waals surface area contributed by atoms with Crippen LogP contribution in [0.2, 0.25) is 0 Å². The Morgan fingerprint density at radius 1 is 0.862 bits per heavy atom. The summed E-state index contributed by atoms with van der Waals surface area (Å²) in [4.78, 5) is 4.28. The number of nitrogens with zero attached hydrogens (tertiary/aromatic N) is 1. The maximum absolute atomic E-state index is 5.63. The van der Waals surface area contributed by atoms with E-state index >= 15 is 0 Å². The van der Waals surface area contributed by atoms with Gasteiger partial charge in [0.1, 0.15) is 17.2 Å². The SMILES string of the molecule is CCOc1cc(NC(=NC)NCc2c(OC)cc(OC)cc2OC)ccc1OC. The highest BCUT2D eigenvalue weighted by Crippen LogP contribution is 2.34. The van der Waals surface area contributed by atoms with Gasteiger partial charge in [-0.15, -0.1) is 0 Å². The predicted octanol–water partition coefficient (Wildman–Crippen LogP) is 3.31. The lowest BCUT2D eigenvalue weighted by Crippen LogP contribution is -2.30. The molecule has 0 aliphatic heterocycles. The molecule has 8 nitrogen and oxygen atoms in total. The molecule has 0 heterocycles. The van der Waals surface area contributed by atoms with Gasteiger partial charge in [0.05, 0.1) is 47.2 Å². The van der Waals surface area contributed by atoms with Crippen LogP contribution in [0.15, 0.2) is 35.3 Å². The van der Waals surface area contributed by atoms with Crippen molar-refractivity contribution in [3.8, 4) is 28.7 Å². The number of guanidine groups is 1. The zero-order valence-corrected chi connectivity index (χ0v) is 17.8. The molecular formula is C21H29N3O5. The average Bonchev–Trinajstić information content (AvgIpc) is 2.76.